The van der Waals surface area contributed by atoms with Crippen LogP contribution in [0.3, 0.4) is 0 Å². The lowest BCUT2D eigenvalue weighted by Crippen LogP contribution is -2.67. The molecule has 0 amide bonds. The summed E-state index contributed by atoms with van der Waals surface area (Å²) in [5.74, 6) is 0. The maximum absolute atomic E-state index is 11.9. The van der Waals surface area contributed by atoms with Crippen LogP contribution in [0.15, 0.2) is 0 Å². The van der Waals surface area contributed by atoms with Gasteiger partial charge in [-0.3, -0.25) is 0 Å². The smallest absolute Gasteiger partial charge is 0.112 e. The first-order valence-electron chi connectivity index (χ1n) is 2.54. The van der Waals surface area contributed by atoms with Crippen molar-refractivity contribution < 1.29 is 48.7 Å². The Morgan fingerprint density at radius 1 is 0.500 bits per heavy atom. The molecular formula is C3F10N+. The van der Waals surface area contributed by atoms with Gasteiger partial charge in [0, 0.05) is 4.48 Å². The summed E-state index contributed by atoms with van der Waals surface area (Å²) in [6.45, 7) is 0. The number of rotatable bonds is 0. The van der Waals surface area contributed by atoms with Crippen LogP contribution in [0.4, 0.5) is 44.0 Å². The highest BCUT2D eigenvalue weighted by atomic mass is 19.5. The Balaban J connectivity index is 5.54. The number of hydrogen-bond donors (Lipinski definition) is 0. The van der Waals surface area contributed by atoms with Gasteiger partial charge in [-0.05, 0) is 0 Å². The molecular weight excluding hydrogens is 240 g/mol. The van der Waals surface area contributed by atoms with Crippen molar-refractivity contribution in [2.45, 2.75) is 18.9 Å². The molecule has 0 aliphatic rings. The monoisotopic (exact) mass is 240 g/mol. The molecule has 0 aromatic rings. The molecule has 0 heterocycles. The van der Waals surface area contributed by atoms with E-state index in [9.17, 15) is 44.0 Å². The number of hydrogen-bond acceptors (Lipinski definition) is 0. The predicted octanol–water partition coefficient (Wildman–Crippen LogP) is 3.25. The van der Waals surface area contributed by atoms with Crippen LogP contribution in [0.2, 0.25) is 0 Å². The summed E-state index contributed by atoms with van der Waals surface area (Å²) in [5, 5.41) is 0. The van der Waals surface area contributed by atoms with Crippen LogP contribution in [-0.2, 0) is 0 Å². The minimum atomic E-state index is -7.16. The van der Waals surface area contributed by atoms with Crippen molar-refractivity contribution in [2.24, 2.45) is 0 Å². The second kappa shape index (κ2) is 2.87. The molecule has 0 bridgehead atoms. The zero-order chi connectivity index (χ0) is 12.0. The molecule has 0 unspecified atom stereocenters. The SMILES string of the molecule is FC(F)(F)[N+](F)(C(F)(F)F)C(F)(F)F. The second-order valence-electron chi connectivity index (χ2n) is 1.99. The second-order valence-corrected chi connectivity index (χ2v) is 1.99. The van der Waals surface area contributed by atoms with E-state index in [2.05, 4.69) is 0 Å². The Morgan fingerprint density at radius 2 is 0.643 bits per heavy atom. The van der Waals surface area contributed by atoms with E-state index in [1.54, 1.807) is 0 Å². The van der Waals surface area contributed by atoms with Gasteiger partial charge in [-0.2, -0.15) is 0 Å². The first kappa shape index (κ1) is 13.3. The highest BCUT2D eigenvalue weighted by molar-refractivity contribution is 4.42. The summed E-state index contributed by atoms with van der Waals surface area (Å²) < 4.78 is 107. The maximum atomic E-state index is 11.9. The molecule has 0 saturated carbocycles. The summed E-state index contributed by atoms with van der Waals surface area (Å²) >= 11 is 0. The molecule has 0 radical (unpaired) electrons. The lowest BCUT2D eigenvalue weighted by atomic mass is 10.7. The van der Waals surface area contributed by atoms with Crippen LogP contribution in [-0.4, -0.2) is 23.6 Å². The van der Waals surface area contributed by atoms with Gasteiger partial charge in [0.15, 0.2) is 0 Å². The summed E-state index contributed by atoms with van der Waals surface area (Å²) in [7, 11) is 0. The zero-order valence-electron chi connectivity index (χ0n) is 5.73. The van der Waals surface area contributed by atoms with Crippen LogP contribution in [0.1, 0.15) is 0 Å². The lowest BCUT2D eigenvalue weighted by Gasteiger charge is -2.28. The first-order valence-corrected chi connectivity index (χ1v) is 2.54. The van der Waals surface area contributed by atoms with E-state index in [1.807, 2.05) is 0 Å². The summed E-state index contributed by atoms with van der Waals surface area (Å²) in [4.78, 5) is 0. The van der Waals surface area contributed by atoms with Crippen molar-refractivity contribution in [3.05, 3.63) is 0 Å². The van der Waals surface area contributed by atoms with Gasteiger partial charge in [0.05, 0.1) is 0 Å². The van der Waals surface area contributed by atoms with E-state index in [-0.39, 0.29) is 0 Å². The van der Waals surface area contributed by atoms with E-state index in [0.717, 1.165) is 0 Å². The van der Waals surface area contributed by atoms with E-state index in [4.69, 9.17) is 0 Å². The van der Waals surface area contributed by atoms with Crippen molar-refractivity contribution in [3.63, 3.8) is 0 Å². The van der Waals surface area contributed by atoms with Crippen LogP contribution < -0.4 is 0 Å². The molecule has 0 aliphatic heterocycles. The largest absolute Gasteiger partial charge is 0.613 e. The van der Waals surface area contributed by atoms with Gasteiger partial charge in [-0.25, -0.2) is 0 Å². The van der Waals surface area contributed by atoms with Gasteiger partial charge in [-0.1, -0.05) is 0 Å². The number of nitrogens with zero attached hydrogens (tertiary/aromatic N) is 1. The molecule has 0 fully saturated rings. The fraction of sp³-hybridized carbons (Fsp3) is 1.00. The van der Waals surface area contributed by atoms with Gasteiger partial charge >= 0.3 is 18.9 Å². The first-order chi connectivity index (χ1) is 5.75. The molecule has 0 N–H and O–H groups in total. The van der Waals surface area contributed by atoms with Crippen molar-refractivity contribution in [2.75, 3.05) is 0 Å². The molecule has 0 spiro atoms. The van der Waals surface area contributed by atoms with E-state index >= 15 is 0 Å². The van der Waals surface area contributed by atoms with E-state index < -0.39 is 23.6 Å². The minimum absolute atomic E-state index is 6.44. The molecule has 0 aliphatic carbocycles. The van der Waals surface area contributed by atoms with Gasteiger partial charge in [0.25, 0.3) is 0 Å². The molecule has 86 valence electrons. The van der Waals surface area contributed by atoms with E-state index in [1.165, 1.54) is 0 Å². The van der Waals surface area contributed by atoms with Gasteiger partial charge in [-0.15, -0.1) is 39.5 Å². The van der Waals surface area contributed by atoms with Crippen molar-refractivity contribution >= 4 is 0 Å². The number of halogens is 10. The number of quaternary nitrogens is 1. The van der Waals surface area contributed by atoms with Crippen molar-refractivity contribution in [1.82, 2.24) is 0 Å². The average Bonchev–Trinajstić information content (AvgIpc) is 1.77. The van der Waals surface area contributed by atoms with Gasteiger partial charge in [0.1, 0.15) is 4.71 Å². The highest BCUT2D eigenvalue weighted by Crippen LogP contribution is 2.51. The molecule has 1 nitrogen and oxygen atoms in total. The van der Waals surface area contributed by atoms with Crippen LogP contribution >= 0.6 is 0 Å². The molecule has 14 heavy (non-hydrogen) atoms. The third-order valence-electron chi connectivity index (χ3n) is 1.05. The molecule has 11 heteroatoms. The molecule has 0 atom stereocenters. The average molecular weight is 240 g/mol. The van der Waals surface area contributed by atoms with Crippen molar-refractivity contribution in [3.8, 4) is 0 Å². The van der Waals surface area contributed by atoms with Crippen LogP contribution in [0, 0.1) is 0 Å². The topological polar surface area (TPSA) is 0 Å². The predicted molar refractivity (Wildman–Crippen MR) is 19.5 cm³/mol. The lowest BCUT2D eigenvalue weighted by molar-refractivity contribution is -1.26. The summed E-state index contributed by atoms with van der Waals surface area (Å²) in [6.07, 6.45) is -21.5. The minimum Gasteiger partial charge on any atom is -0.112 e. The van der Waals surface area contributed by atoms with Crippen LogP contribution in [0.25, 0.3) is 0 Å². The third-order valence-corrected chi connectivity index (χ3v) is 1.05. The standard InChI is InChI=1S/C3F10N/c4-1(5,6)14(13,2(7,8)9)3(10,11)12/q+1. The zero-order valence-corrected chi connectivity index (χ0v) is 5.73. The molecule has 0 saturated heterocycles. The Morgan fingerprint density at radius 3 is 0.643 bits per heavy atom. The molecule has 0 aromatic heterocycles. The quantitative estimate of drug-likeness (QED) is 0.346. The normalized spacial score (nSPS) is 15.9. The molecule has 0 rings (SSSR count). The van der Waals surface area contributed by atoms with Crippen molar-refractivity contribution in [1.29, 1.82) is 0 Å². The Kier molecular flexibility index (Phi) is 2.72. The third kappa shape index (κ3) is 1.72. The van der Waals surface area contributed by atoms with Gasteiger partial charge < -0.3 is 0 Å². The van der Waals surface area contributed by atoms with Gasteiger partial charge in [0.2, 0.25) is 0 Å². The number of alkyl halides is 9. The van der Waals surface area contributed by atoms with E-state index in [0.29, 0.717) is 0 Å². The Labute approximate surface area is 69.0 Å². The van der Waals surface area contributed by atoms with Crippen LogP contribution in [0.5, 0.6) is 0 Å². The Bertz CT molecular complexity index is 169. The summed E-state index contributed by atoms with van der Waals surface area (Å²) in [6, 6.07) is 0. The highest BCUT2D eigenvalue weighted by Gasteiger charge is 2.88. The Hall–Kier alpha value is -0.740. The molecule has 0 aromatic carbocycles. The fourth-order valence-electron chi connectivity index (χ4n) is 0.431. The fourth-order valence-corrected chi connectivity index (χ4v) is 0.431. The summed E-state index contributed by atoms with van der Waals surface area (Å²) in [5.41, 5.74) is 0. The maximum Gasteiger partial charge on any atom is 0.613 e.